The summed E-state index contributed by atoms with van der Waals surface area (Å²) < 4.78 is 41.0. The van der Waals surface area contributed by atoms with Crippen molar-refractivity contribution in [2.24, 2.45) is 0 Å². The van der Waals surface area contributed by atoms with Gasteiger partial charge in [-0.15, -0.1) is 0 Å². The van der Waals surface area contributed by atoms with E-state index in [0.29, 0.717) is 17.5 Å². The highest BCUT2D eigenvalue weighted by Crippen LogP contribution is 2.30. The Morgan fingerprint density at radius 1 is 1.03 bits per heavy atom. The van der Waals surface area contributed by atoms with Gasteiger partial charge in [-0.1, -0.05) is 59.6 Å². The van der Waals surface area contributed by atoms with Gasteiger partial charge in [-0.2, -0.15) is 4.31 Å². The molecule has 0 spiro atoms. The van der Waals surface area contributed by atoms with E-state index >= 15 is 0 Å². The van der Waals surface area contributed by atoms with E-state index in [1.54, 1.807) is 36.4 Å². The van der Waals surface area contributed by atoms with E-state index in [2.05, 4.69) is 5.32 Å². The first kappa shape index (κ1) is 27.1. The van der Waals surface area contributed by atoms with Gasteiger partial charge in [0, 0.05) is 23.0 Å². The largest absolute Gasteiger partial charge is 0.480 e. The van der Waals surface area contributed by atoms with Crippen LogP contribution in [0, 0.1) is 5.82 Å². The number of benzene rings is 3. The smallest absolute Gasteiger partial charge is 0.326 e. The van der Waals surface area contributed by atoms with Crippen molar-refractivity contribution in [2.45, 2.75) is 36.2 Å². The van der Waals surface area contributed by atoms with Gasteiger partial charge in [0.05, 0.1) is 4.90 Å². The average molecular weight is 565 g/mol. The van der Waals surface area contributed by atoms with Gasteiger partial charge in [-0.25, -0.2) is 17.6 Å². The second-order valence-corrected chi connectivity index (χ2v) is 11.5. The molecule has 0 bridgehead atoms. The van der Waals surface area contributed by atoms with Crippen molar-refractivity contribution < 1.29 is 27.5 Å². The maximum absolute atomic E-state index is 13.5. The van der Waals surface area contributed by atoms with Crippen LogP contribution in [0.1, 0.15) is 18.4 Å². The molecule has 0 saturated carbocycles. The lowest BCUT2D eigenvalue weighted by molar-refractivity contribution is -0.142. The lowest BCUT2D eigenvalue weighted by atomic mass is 10.0. The second-order valence-electron chi connectivity index (χ2n) is 8.69. The molecular formula is C26H23Cl2FN2O5S. The highest BCUT2D eigenvalue weighted by atomic mass is 35.5. The molecule has 4 rings (SSSR count). The van der Waals surface area contributed by atoms with E-state index in [1.165, 1.54) is 30.3 Å². The van der Waals surface area contributed by atoms with Gasteiger partial charge in [0.1, 0.15) is 17.9 Å². The summed E-state index contributed by atoms with van der Waals surface area (Å²) in [5.74, 6) is -2.31. The van der Waals surface area contributed by atoms with Gasteiger partial charge in [0.15, 0.2) is 0 Å². The van der Waals surface area contributed by atoms with E-state index in [4.69, 9.17) is 23.2 Å². The minimum Gasteiger partial charge on any atom is -0.480 e. The zero-order valence-electron chi connectivity index (χ0n) is 19.4. The minimum absolute atomic E-state index is 0.0200. The predicted molar refractivity (Wildman–Crippen MR) is 138 cm³/mol. The van der Waals surface area contributed by atoms with Crippen molar-refractivity contribution in [2.75, 3.05) is 6.54 Å². The molecule has 2 N–H and O–H groups in total. The maximum Gasteiger partial charge on any atom is 0.326 e. The summed E-state index contributed by atoms with van der Waals surface area (Å²) in [4.78, 5) is 24.9. The Morgan fingerprint density at radius 2 is 1.70 bits per heavy atom. The summed E-state index contributed by atoms with van der Waals surface area (Å²) in [5.41, 5.74) is 2.07. The van der Waals surface area contributed by atoms with Gasteiger partial charge in [-0.3, -0.25) is 4.79 Å². The Hall–Kier alpha value is -2.98. The maximum atomic E-state index is 13.5. The molecule has 3 aromatic carbocycles. The first-order valence-corrected chi connectivity index (χ1v) is 13.6. The van der Waals surface area contributed by atoms with Crippen molar-refractivity contribution in [3.63, 3.8) is 0 Å². The Bertz CT molecular complexity index is 1410. The van der Waals surface area contributed by atoms with Gasteiger partial charge in [0.2, 0.25) is 15.9 Å². The monoisotopic (exact) mass is 564 g/mol. The molecule has 0 aliphatic carbocycles. The van der Waals surface area contributed by atoms with E-state index in [-0.39, 0.29) is 40.1 Å². The Kier molecular flexibility index (Phi) is 8.18. The number of carbonyl (C=O) groups excluding carboxylic acids is 1. The van der Waals surface area contributed by atoms with Crippen molar-refractivity contribution >= 4 is 45.1 Å². The molecule has 1 aliphatic heterocycles. The zero-order valence-corrected chi connectivity index (χ0v) is 21.7. The van der Waals surface area contributed by atoms with Crippen LogP contribution in [0.4, 0.5) is 4.39 Å². The molecule has 37 heavy (non-hydrogen) atoms. The standard InChI is InChI=1S/C26H23Cl2FN2O5S/c27-19-13-20(28)15-22(14-19)37(35,36)31-10-2-5-24(31)25(32)30-23(26(33)34)11-16-6-8-17(9-7-16)18-3-1-4-21(29)12-18/h1,3-4,6-9,12-15,23-24H,2,5,10-11H2,(H,30,32)(H,33,34)/t23-,24-/m0/s1. The molecule has 1 saturated heterocycles. The van der Waals surface area contributed by atoms with Gasteiger partial charge in [0.25, 0.3) is 0 Å². The SMILES string of the molecule is O=C(O)[C@H](Cc1ccc(-c2cccc(F)c2)cc1)NC(=O)[C@@H]1CCCN1S(=O)(=O)c1cc(Cl)cc(Cl)c1. The first-order valence-electron chi connectivity index (χ1n) is 11.4. The first-order chi connectivity index (χ1) is 17.5. The number of carboxylic acid groups (broad SMARTS) is 1. The lowest BCUT2D eigenvalue weighted by Gasteiger charge is -2.25. The molecule has 194 valence electrons. The van der Waals surface area contributed by atoms with Crippen LogP contribution in [0.25, 0.3) is 11.1 Å². The molecule has 3 aromatic rings. The van der Waals surface area contributed by atoms with Crippen molar-refractivity contribution in [1.29, 1.82) is 0 Å². The molecule has 11 heteroatoms. The third kappa shape index (κ3) is 6.30. The number of amides is 1. The molecule has 0 aromatic heterocycles. The van der Waals surface area contributed by atoms with E-state index in [1.807, 2.05) is 0 Å². The van der Waals surface area contributed by atoms with Gasteiger partial charge < -0.3 is 10.4 Å². The highest BCUT2D eigenvalue weighted by Gasteiger charge is 2.40. The van der Waals surface area contributed by atoms with Gasteiger partial charge >= 0.3 is 5.97 Å². The molecule has 2 atom stereocenters. The fourth-order valence-corrected chi connectivity index (χ4v) is 6.69. The number of carbonyl (C=O) groups is 2. The number of hydrogen-bond donors (Lipinski definition) is 2. The number of sulfonamides is 1. The van der Waals surface area contributed by atoms with Crippen LogP contribution >= 0.6 is 23.2 Å². The summed E-state index contributed by atoms with van der Waals surface area (Å²) in [6, 6.07) is 14.6. The van der Waals surface area contributed by atoms with Crippen LogP contribution in [-0.2, 0) is 26.0 Å². The van der Waals surface area contributed by atoms with Crippen molar-refractivity contribution in [3.8, 4) is 11.1 Å². The average Bonchev–Trinajstić information content (AvgIpc) is 3.35. The molecule has 1 heterocycles. The van der Waals surface area contributed by atoms with E-state index in [9.17, 15) is 27.5 Å². The summed E-state index contributed by atoms with van der Waals surface area (Å²) in [7, 11) is -4.10. The lowest BCUT2D eigenvalue weighted by Crippen LogP contribution is -2.51. The van der Waals surface area contributed by atoms with Crippen LogP contribution in [0.15, 0.2) is 71.6 Å². The normalized spacial score (nSPS) is 16.9. The highest BCUT2D eigenvalue weighted by molar-refractivity contribution is 7.89. The van der Waals surface area contributed by atoms with Crippen molar-refractivity contribution in [1.82, 2.24) is 9.62 Å². The molecule has 7 nitrogen and oxygen atoms in total. The summed E-state index contributed by atoms with van der Waals surface area (Å²) in [6.07, 6.45) is 0.660. The third-order valence-corrected chi connectivity index (χ3v) is 8.44. The Labute approximate surface area is 223 Å². The molecule has 1 aliphatic rings. The van der Waals surface area contributed by atoms with E-state index in [0.717, 1.165) is 9.87 Å². The van der Waals surface area contributed by atoms with Crippen LogP contribution in [0.2, 0.25) is 10.0 Å². The number of halogens is 3. The summed E-state index contributed by atoms with van der Waals surface area (Å²) in [5, 5.41) is 12.5. The van der Waals surface area contributed by atoms with Crippen LogP contribution in [0.5, 0.6) is 0 Å². The Morgan fingerprint density at radius 3 is 2.32 bits per heavy atom. The second kappa shape index (κ2) is 11.2. The Balaban J connectivity index is 1.48. The molecular weight excluding hydrogens is 542 g/mol. The number of nitrogens with zero attached hydrogens (tertiary/aromatic N) is 1. The topological polar surface area (TPSA) is 104 Å². The van der Waals surface area contributed by atoms with Crippen LogP contribution in [-0.4, -0.2) is 48.3 Å². The fourth-order valence-electron chi connectivity index (χ4n) is 4.31. The third-order valence-electron chi connectivity index (χ3n) is 6.12. The van der Waals surface area contributed by atoms with Crippen molar-refractivity contribution in [3.05, 3.63) is 88.2 Å². The van der Waals surface area contributed by atoms with E-state index < -0.39 is 34.0 Å². The zero-order chi connectivity index (χ0) is 26.7. The summed E-state index contributed by atoms with van der Waals surface area (Å²) in [6.45, 7) is 0.101. The number of hydrogen-bond acceptors (Lipinski definition) is 4. The number of rotatable bonds is 8. The quantitative estimate of drug-likeness (QED) is 0.410. The molecule has 1 fully saturated rings. The number of carboxylic acids is 1. The van der Waals surface area contributed by atoms with Crippen LogP contribution < -0.4 is 5.32 Å². The number of aliphatic carboxylic acids is 1. The summed E-state index contributed by atoms with van der Waals surface area (Å²) >= 11 is 11.9. The minimum atomic E-state index is -4.10. The molecule has 0 radical (unpaired) electrons. The van der Waals surface area contributed by atoms with Gasteiger partial charge in [-0.05, 0) is 59.9 Å². The number of nitrogens with one attached hydrogen (secondary N) is 1. The fraction of sp³-hybridized carbons (Fsp3) is 0.231. The predicted octanol–water partition coefficient (Wildman–Crippen LogP) is 4.76. The van der Waals surface area contributed by atoms with Crippen LogP contribution in [0.3, 0.4) is 0 Å². The molecule has 1 amide bonds. The molecule has 0 unspecified atom stereocenters.